The molecule has 0 rings (SSSR count). The predicted molar refractivity (Wildman–Crippen MR) is 23.3 cm³/mol. The smallest absolute Gasteiger partial charge is 0.565 e. The van der Waals surface area contributed by atoms with Crippen molar-refractivity contribution < 1.29 is 57.7 Å². The quantitative estimate of drug-likeness (QED) is 0.417. The monoisotopic (exact) mass is 217 g/mol. The number of carboxylic acid groups (broad SMARTS) is 4. The summed E-state index contributed by atoms with van der Waals surface area (Å²) in [7, 11) is 0. The molecule has 11 heavy (non-hydrogen) atoms. The molecule has 0 aliphatic carbocycles. The maximum absolute atomic E-state index is 8.44. The minimum absolute atomic E-state index is 0. The Morgan fingerprint density at radius 3 is 0.909 bits per heavy atom. The summed E-state index contributed by atoms with van der Waals surface area (Å²) in [6.45, 7) is 0. The van der Waals surface area contributed by atoms with Crippen LogP contribution in [0.1, 0.15) is 0 Å². The molecule has 6 N–H and O–H groups in total. The molecule has 0 aromatic rings. The molecule has 0 aliphatic heterocycles. The molecule has 0 unspecified atom stereocenters. The molecule has 0 fully saturated rings. The van der Waals surface area contributed by atoms with Crippen molar-refractivity contribution in [2.75, 3.05) is 0 Å². The third kappa shape index (κ3) is 407. The minimum atomic E-state index is -2.08. The first-order valence-corrected chi connectivity index (χ1v) is 1.26. The van der Waals surface area contributed by atoms with Crippen molar-refractivity contribution in [3.8, 4) is 0 Å². The summed E-state index contributed by atoms with van der Waals surface area (Å²) in [5.41, 5.74) is 0. The average Bonchev–Trinajstić information content (AvgIpc) is 1.25. The van der Waals surface area contributed by atoms with Crippen molar-refractivity contribution in [1.82, 2.24) is 0 Å². The summed E-state index contributed by atoms with van der Waals surface area (Å²) in [6.07, 6.45) is -4.17. The molecular formula is C2H6CoO8. The summed E-state index contributed by atoms with van der Waals surface area (Å²) in [5, 5.41) is 30.6. The van der Waals surface area contributed by atoms with Gasteiger partial charge in [-0.2, -0.15) is 0 Å². The standard InChI is InChI=1S/2CH2O3.Co.2H2O/c2*2-1(3)4;;;/h2*(H2,2,3,4);;2*1H2/q;;+2;;/p-2. The van der Waals surface area contributed by atoms with E-state index in [1.165, 1.54) is 0 Å². The van der Waals surface area contributed by atoms with Crippen LogP contribution in [0.25, 0.3) is 0 Å². The Hall–Kier alpha value is -1.03. The normalized spacial score (nSPS) is 4.36. The molecule has 0 saturated carbocycles. The molecule has 9 heteroatoms. The second kappa shape index (κ2) is 23.1. The van der Waals surface area contributed by atoms with Crippen LogP contribution in [0.4, 0.5) is 9.59 Å². The van der Waals surface area contributed by atoms with E-state index in [1.807, 2.05) is 0 Å². The molecule has 0 aromatic heterocycles. The van der Waals surface area contributed by atoms with Crippen LogP contribution in [0.2, 0.25) is 0 Å². The fourth-order valence-electron chi connectivity index (χ4n) is 0. The number of hydrogen-bond donors (Lipinski definition) is 2. The van der Waals surface area contributed by atoms with E-state index in [4.69, 9.17) is 30.0 Å². The Morgan fingerprint density at radius 2 is 0.909 bits per heavy atom. The van der Waals surface area contributed by atoms with E-state index in [2.05, 4.69) is 0 Å². The van der Waals surface area contributed by atoms with E-state index < -0.39 is 12.3 Å². The van der Waals surface area contributed by atoms with Crippen molar-refractivity contribution in [3.05, 3.63) is 0 Å². The van der Waals surface area contributed by atoms with Gasteiger partial charge < -0.3 is 41.0 Å². The van der Waals surface area contributed by atoms with Gasteiger partial charge in [0.2, 0.25) is 12.3 Å². The summed E-state index contributed by atoms with van der Waals surface area (Å²) >= 11 is 0. The molecule has 0 atom stereocenters. The Labute approximate surface area is 70.9 Å². The van der Waals surface area contributed by atoms with Gasteiger partial charge in [-0.05, 0) is 0 Å². The molecule has 0 amide bonds. The molecule has 0 heterocycles. The molecule has 0 saturated heterocycles. The summed E-state index contributed by atoms with van der Waals surface area (Å²) in [6, 6.07) is 0. The van der Waals surface area contributed by atoms with Crippen molar-refractivity contribution in [2.45, 2.75) is 0 Å². The maximum Gasteiger partial charge on any atom is 2.00 e. The molecule has 0 aliphatic rings. The van der Waals surface area contributed by atoms with Gasteiger partial charge in [0, 0.05) is 0 Å². The summed E-state index contributed by atoms with van der Waals surface area (Å²) < 4.78 is 0. The van der Waals surface area contributed by atoms with Gasteiger partial charge in [0.15, 0.2) is 0 Å². The van der Waals surface area contributed by atoms with Crippen LogP contribution in [0, 0.1) is 0 Å². The van der Waals surface area contributed by atoms with Crippen molar-refractivity contribution in [2.24, 2.45) is 0 Å². The molecule has 1 radical (unpaired) electrons. The van der Waals surface area contributed by atoms with Gasteiger partial charge in [0.05, 0.1) is 0 Å². The van der Waals surface area contributed by atoms with Gasteiger partial charge >= 0.3 is 16.8 Å². The van der Waals surface area contributed by atoms with E-state index in [0.29, 0.717) is 0 Å². The van der Waals surface area contributed by atoms with Crippen LogP contribution in [0.3, 0.4) is 0 Å². The minimum Gasteiger partial charge on any atom is -0.565 e. The van der Waals surface area contributed by atoms with Crippen molar-refractivity contribution in [3.63, 3.8) is 0 Å². The Balaban J connectivity index is -0.0000000171. The average molecular weight is 217 g/mol. The Morgan fingerprint density at radius 1 is 0.909 bits per heavy atom. The first-order chi connectivity index (χ1) is 3.46. The fourth-order valence-corrected chi connectivity index (χ4v) is 0. The number of hydrogen-bond acceptors (Lipinski definition) is 4. The second-order valence-electron chi connectivity index (χ2n) is 0.532. The van der Waals surface area contributed by atoms with Crippen LogP contribution in [-0.4, -0.2) is 33.5 Å². The number of carbonyl (C=O) groups is 2. The molecule has 0 bridgehead atoms. The van der Waals surface area contributed by atoms with Gasteiger partial charge in [0.25, 0.3) is 0 Å². The van der Waals surface area contributed by atoms with Gasteiger partial charge in [-0.15, -0.1) is 0 Å². The van der Waals surface area contributed by atoms with E-state index in [-0.39, 0.29) is 27.7 Å². The van der Waals surface area contributed by atoms with Crippen LogP contribution in [0.15, 0.2) is 0 Å². The zero-order chi connectivity index (χ0) is 7.15. The van der Waals surface area contributed by atoms with Gasteiger partial charge in [-0.1, -0.05) is 0 Å². The maximum atomic E-state index is 8.44. The van der Waals surface area contributed by atoms with Crippen LogP contribution in [-0.2, 0) is 16.8 Å². The SMILES string of the molecule is O.O.O=C([O-])O.O=C([O-])O.[Co+2]. The van der Waals surface area contributed by atoms with E-state index >= 15 is 0 Å². The largest absolute Gasteiger partial charge is 2.00 e. The molecule has 71 valence electrons. The predicted octanol–water partition coefficient (Wildman–Crippen LogP) is -3.88. The van der Waals surface area contributed by atoms with Crippen LogP contribution < -0.4 is 10.2 Å². The van der Waals surface area contributed by atoms with Crippen LogP contribution in [0.5, 0.6) is 0 Å². The van der Waals surface area contributed by atoms with Gasteiger partial charge in [-0.25, -0.2) is 0 Å². The third-order valence-corrected chi connectivity index (χ3v) is 0. The summed E-state index contributed by atoms with van der Waals surface area (Å²) in [5.74, 6) is 0. The Kier molecular flexibility index (Phi) is 68.1. The fraction of sp³-hybridized carbons (Fsp3) is 0. The Bertz CT molecular complexity index is 70.1. The third-order valence-electron chi connectivity index (χ3n) is 0. The molecule has 8 nitrogen and oxygen atoms in total. The van der Waals surface area contributed by atoms with Gasteiger partial charge in [-0.3, -0.25) is 0 Å². The summed E-state index contributed by atoms with van der Waals surface area (Å²) in [4.78, 5) is 16.9. The van der Waals surface area contributed by atoms with Crippen molar-refractivity contribution in [1.29, 1.82) is 0 Å². The first kappa shape index (κ1) is 32.5. The number of rotatable bonds is 0. The zero-order valence-corrected chi connectivity index (χ0v) is 5.90. The molecule has 0 spiro atoms. The van der Waals surface area contributed by atoms with E-state index in [0.717, 1.165) is 0 Å². The van der Waals surface area contributed by atoms with Crippen molar-refractivity contribution >= 4 is 12.3 Å². The molecule has 0 aromatic carbocycles. The zero-order valence-electron chi connectivity index (χ0n) is 4.86. The first-order valence-electron chi connectivity index (χ1n) is 1.26. The van der Waals surface area contributed by atoms with Crippen LogP contribution >= 0.6 is 0 Å². The van der Waals surface area contributed by atoms with Gasteiger partial charge in [0.1, 0.15) is 0 Å². The van der Waals surface area contributed by atoms with E-state index in [9.17, 15) is 0 Å². The molecular weight excluding hydrogens is 211 g/mol. The topological polar surface area (TPSA) is 184 Å². The van der Waals surface area contributed by atoms with E-state index in [1.54, 1.807) is 0 Å². The second-order valence-corrected chi connectivity index (χ2v) is 0.532.